The van der Waals surface area contributed by atoms with Crippen LogP contribution in [-0.2, 0) is 9.53 Å². The molecule has 2 heterocycles. The minimum Gasteiger partial charge on any atom is -0.463 e. The molecule has 1 aromatic heterocycles. The van der Waals surface area contributed by atoms with E-state index in [0.717, 1.165) is 0 Å². The van der Waals surface area contributed by atoms with E-state index in [-0.39, 0.29) is 12.5 Å². The van der Waals surface area contributed by atoms with Gasteiger partial charge in [-0.3, -0.25) is 4.79 Å². The van der Waals surface area contributed by atoms with Crippen molar-refractivity contribution in [3.63, 3.8) is 0 Å². The summed E-state index contributed by atoms with van der Waals surface area (Å²) < 4.78 is 9.81. The average molecular weight is 207 g/mol. The summed E-state index contributed by atoms with van der Waals surface area (Å²) in [5.74, 6) is -0.863. The van der Waals surface area contributed by atoms with Crippen LogP contribution >= 0.6 is 0 Å². The first-order valence-corrected chi connectivity index (χ1v) is 4.56. The molecule has 1 aromatic rings. The molecule has 78 valence electrons. The maximum Gasteiger partial charge on any atom is 0.355 e. The standard InChI is InChI=1S/C10H9NO4/c1-2-14-10(13)8-7(12)6-4-3-5-11-9(6)15-8/h3-5,8H,2H2,1H3/t8-/m0/s1. The minimum atomic E-state index is -1.19. The molecule has 0 fully saturated rings. The first kappa shape index (κ1) is 9.64. The Kier molecular flexibility index (Phi) is 2.37. The largest absolute Gasteiger partial charge is 0.463 e. The molecular weight excluding hydrogens is 198 g/mol. The monoisotopic (exact) mass is 207 g/mol. The zero-order chi connectivity index (χ0) is 10.8. The molecule has 5 nitrogen and oxygen atoms in total. The summed E-state index contributed by atoms with van der Waals surface area (Å²) in [5.41, 5.74) is 0.329. The van der Waals surface area contributed by atoms with Gasteiger partial charge in [-0.15, -0.1) is 0 Å². The minimum absolute atomic E-state index is 0.195. The normalized spacial score (nSPS) is 18.2. The maximum atomic E-state index is 11.6. The van der Waals surface area contributed by atoms with E-state index in [1.54, 1.807) is 19.1 Å². The third kappa shape index (κ3) is 1.56. The van der Waals surface area contributed by atoms with Crippen molar-refractivity contribution in [2.45, 2.75) is 13.0 Å². The van der Waals surface area contributed by atoms with Crippen LogP contribution < -0.4 is 4.74 Å². The van der Waals surface area contributed by atoms with Gasteiger partial charge in [0.2, 0.25) is 11.7 Å². The second-order valence-corrected chi connectivity index (χ2v) is 2.97. The topological polar surface area (TPSA) is 65.5 Å². The third-order valence-corrected chi connectivity index (χ3v) is 2.00. The van der Waals surface area contributed by atoms with Crippen LogP contribution in [0.25, 0.3) is 0 Å². The molecule has 0 bridgehead atoms. The van der Waals surface area contributed by atoms with E-state index in [0.29, 0.717) is 5.56 Å². The van der Waals surface area contributed by atoms with Crippen LogP contribution in [0.3, 0.4) is 0 Å². The number of nitrogens with zero attached hydrogens (tertiary/aromatic N) is 1. The van der Waals surface area contributed by atoms with Gasteiger partial charge in [0.1, 0.15) is 0 Å². The van der Waals surface area contributed by atoms with Gasteiger partial charge in [0.05, 0.1) is 12.2 Å². The molecule has 0 aromatic carbocycles. The Labute approximate surface area is 86.0 Å². The summed E-state index contributed by atoms with van der Waals surface area (Å²) >= 11 is 0. The first-order valence-electron chi connectivity index (χ1n) is 4.56. The Bertz CT molecular complexity index is 416. The molecule has 0 spiro atoms. The summed E-state index contributed by atoms with van der Waals surface area (Å²) in [5, 5.41) is 0. The van der Waals surface area contributed by atoms with E-state index in [1.807, 2.05) is 0 Å². The van der Waals surface area contributed by atoms with Crippen LogP contribution in [0.15, 0.2) is 18.3 Å². The Hall–Kier alpha value is -1.91. The van der Waals surface area contributed by atoms with Crippen molar-refractivity contribution in [1.82, 2.24) is 4.98 Å². The zero-order valence-electron chi connectivity index (χ0n) is 8.10. The van der Waals surface area contributed by atoms with E-state index >= 15 is 0 Å². The van der Waals surface area contributed by atoms with Crippen molar-refractivity contribution < 1.29 is 19.1 Å². The predicted octanol–water partition coefficient (Wildman–Crippen LogP) is 0.588. The number of hydrogen-bond donors (Lipinski definition) is 0. The number of esters is 1. The third-order valence-electron chi connectivity index (χ3n) is 2.00. The molecule has 2 rings (SSSR count). The van der Waals surface area contributed by atoms with E-state index in [4.69, 9.17) is 9.47 Å². The Balaban J connectivity index is 2.24. The summed E-state index contributed by atoms with van der Waals surface area (Å²) in [6, 6.07) is 3.19. The molecule has 0 radical (unpaired) electrons. The number of carbonyl (C=O) groups excluding carboxylic acids is 2. The van der Waals surface area contributed by atoms with E-state index < -0.39 is 17.9 Å². The van der Waals surface area contributed by atoms with Gasteiger partial charge in [-0.1, -0.05) is 0 Å². The average Bonchev–Trinajstić information content (AvgIpc) is 2.57. The highest BCUT2D eigenvalue weighted by atomic mass is 16.6. The summed E-state index contributed by atoms with van der Waals surface area (Å²) in [6.07, 6.45) is 0.314. The lowest BCUT2D eigenvalue weighted by atomic mass is 10.1. The van der Waals surface area contributed by atoms with Crippen molar-refractivity contribution in [3.8, 4) is 5.88 Å². The quantitative estimate of drug-likeness (QED) is 0.524. The van der Waals surface area contributed by atoms with Crippen LogP contribution in [0.4, 0.5) is 0 Å². The van der Waals surface area contributed by atoms with Gasteiger partial charge < -0.3 is 9.47 Å². The lowest BCUT2D eigenvalue weighted by Crippen LogP contribution is -2.32. The molecule has 0 unspecified atom stereocenters. The number of Topliss-reactive ketones (excluding diaryl/α,β-unsaturated/α-hetero) is 1. The molecule has 1 aliphatic rings. The molecule has 0 saturated carbocycles. The number of hydrogen-bond acceptors (Lipinski definition) is 5. The van der Waals surface area contributed by atoms with Gasteiger partial charge in [0.25, 0.3) is 6.10 Å². The SMILES string of the molecule is CCOC(=O)[C@H]1Oc2ncccc2C1=O. The van der Waals surface area contributed by atoms with Crippen LogP contribution in [-0.4, -0.2) is 29.4 Å². The van der Waals surface area contributed by atoms with Crippen LogP contribution in [0, 0.1) is 0 Å². The van der Waals surface area contributed by atoms with Crippen molar-refractivity contribution in [1.29, 1.82) is 0 Å². The Morgan fingerprint density at radius 3 is 3.13 bits per heavy atom. The number of fused-ring (bicyclic) bond motifs is 1. The number of ether oxygens (including phenoxy) is 2. The molecular formula is C10H9NO4. The Morgan fingerprint density at radius 1 is 1.67 bits per heavy atom. The fourth-order valence-electron chi connectivity index (χ4n) is 1.35. The van der Waals surface area contributed by atoms with E-state index in [1.165, 1.54) is 6.20 Å². The fourth-order valence-corrected chi connectivity index (χ4v) is 1.35. The lowest BCUT2D eigenvalue weighted by Gasteiger charge is -2.06. The first-order chi connectivity index (χ1) is 7.24. The number of ketones is 1. The molecule has 0 N–H and O–H groups in total. The summed E-state index contributed by atoms with van der Waals surface area (Å²) in [7, 11) is 0. The molecule has 15 heavy (non-hydrogen) atoms. The highest BCUT2D eigenvalue weighted by molar-refractivity contribution is 6.14. The van der Waals surface area contributed by atoms with Crippen molar-refractivity contribution >= 4 is 11.8 Å². The van der Waals surface area contributed by atoms with Gasteiger partial charge in [0, 0.05) is 6.20 Å². The fraction of sp³-hybridized carbons (Fsp3) is 0.300. The van der Waals surface area contributed by atoms with Gasteiger partial charge in [-0.05, 0) is 19.1 Å². The van der Waals surface area contributed by atoms with Crippen molar-refractivity contribution in [3.05, 3.63) is 23.9 Å². The molecule has 0 aliphatic carbocycles. The highest BCUT2D eigenvalue weighted by Crippen LogP contribution is 2.26. The number of aromatic nitrogens is 1. The molecule has 5 heteroatoms. The predicted molar refractivity (Wildman–Crippen MR) is 49.6 cm³/mol. The molecule has 0 amide bonds. The molecule has 0 saturated heterocycles. The number of carbonyl (C=O) groups is 2. The van der Waals surface area contributed by atoms with Crippen LogP contribution in [0.1, 0.15) is 17.3 Å². The van der Waals surface area contributed by atoms with Crippen molar-refractivity contribution in [2.24, 2.45) is 0 Å². The van der Waals surface area contributed by atoms with E-state index in [9.17, 15) is 9.59 Å². The van der Waals surface area contributed by atoms with Gasteiger partial charge in [0.15, 0.2) is 0 Å². The Morgan fingerprint density at radius 2 is 2.47 bits per heavy atom. The smallest absolute Gasteiger partial charge is 0.355 e. The second kappa shape index (κ2) is 3.68. The van der Waals surface area contributed by atoms with Crippen LogP contribution in [0.2, 0.25) is 0 Å². The maximum absolute atomic E-state index is 11.6. The summed E-state index contributed by atoms with van der Waals surface area (Å²) in [6.45, 7) is 1.89. The molecule has 1 aliphatic heterocycles. The van der Waals surface area contributed by atoms with Crippen LogP contribution in [0.5, 0.6) is 5.88 Å². The van der Waals surface area contributed by atoms with E-state index in [2.05, 4.69) is 4.98 Å². The zero-order valence-corrected chi connectivity index (χ0v) is 8.10. The van der Waals surface area contributed by atoms with Gasteiger partial charge in [-0.2, -0.15) is 0 Å². The summed E-state index contributed by atoms with van der Waals surface area (Å²) in [4.78, 5) is 26.8. The van der Waals surface area contributed by atoms with Crippen molar-refractivity contribution in [2.75, 3.05) is 6.61 Å². The van der Waals surface area contributed by atoms with Gasteiger partial charge >= 0.3 is 5.97 Å². The number of rotatable bonds is 2. The van der Waals surface area contributed by atoms with Gasteiger partial charge in [-0.25, -0.2) is 9.78 Å². The molecule has 1 atom stereocenters. The second-order valence-electron chi connectivity index (χ2n) is 2.97. The lowest BCUT2D eigenvalue weighted by molar-refractivity contribution is -0.148. The number of pyridine rings is 1. The highest BCUT2D eigenvalue weighted by Gasteiger charge is 2.39.